The fourth-order valence-electron chi connectivity index (χ4n) is 3.23. The highest BCUT2D eigenvalue weighted by Crippen LogP contribution is 2.69. The van der Waals surface area contributed by atoms with Crippen LogP contribution in [-0.2, 0) is 6.42 Å². The van der Waals surface area contributed by atoms with Gasteiger partial charge in [0.15, 0.2) is 0 Å². The van der Waals surface area contributed by atoms with Crippen molar-refractivity contribution in [1.82, 2.24) is 4.98 Å². The van der Waals surface area contributed by atoms with Gasteiger partial charge in [-0.3, -0.25) is 4.98 Å². The number of rotatable bonds is 3. The van der Waals surface area contributed by atoms with Gasteiger partial charge in [-0.25, -0.2) is 0 Å². The van der Waals surface area contributed by atoms with Crippen LogP contribution < -0.4 is 5.73 Å². The first-order valence-electron chi connectivity index (χ1n) is 6.02. The van der Waals surface area contributed by atoms with E-state index >= 15 is 0 Å². The van der Waals surface area contributed by atoms with Crippen molar-refractivity contribution in [2.75, 3.05) is 0 Å². The second kappa shape index (κ2) is 3.56. The Morgan fingerprint density at radius 2 is 1.69 bits per heavy atom. The van der Waals surface area contributed by atoms with E-state index in [1.54, 1.807) is 0 Å². The minimum atomic E-state index is 0.257. The molecule has 1 aliphatic carbocycles. The fourth-order valence-corrected chi connectivity index (χ4v) is 3.23. The van der Waals surface area contributed by atoms with E-state index in [-0.39, 0.29) is 6.04 Å². The molecule has 2 nitrogen and oxygen atoms in total. The summed E-state index contributed by atoms with van der Waals surface area (Å²) in [4.78, 5) is 4.03. The molecule has 0 radical (unpaired) electrons. The smallest absolute Gasteiger partial charge is 0.0270 e. The molecular formula is C14H22N2. The Morgan fingerprint density at radius 3 is 2.12 bits per heavy atom. The number of hydrogen-bond donors (Lipinski definition) is 1. The van der Waals surface area contributed by atoms with Crippen molar-refractivity contribution in [3.8, 4) is 0 Å². The van der Waals surface area contributed by atoms with Gasteiger partial charge in [0.2, 0.25) is 0 Å². The zero-order chi connectivity index (χ0) is 12.0. The van der Waals surface area contributed by atoms with Crippen molar-refractivity contribution in [1.29, 1.82) is 0 Å². The molecule has 1 aliphatic rings. The summed E-state index contributed by atoms with van der Waals surface area (Å²) in [5.74, 6) is 0.619. The molecule has 1 saturated carbocycles. The molecule has 0 saturated heterocycles. The van der Waals surface area contributed by atoms with Crippen molar-refractivity contribution < 1.29 is 0 Å². The molecule has 2 rings (SSSR count). The van der Waals surface area contributed by atoms with Gasteiger partial charge >= 0.3 is 0 Å². The molecule has 0 bridgehead atoms. The molecule has 0 aliphatic heterocycles. The summed E-state index contributed by atoms with van der Waals surface area (Å²) in [5, 5.41) is 0. The highest BCUT2D eigenvalue weighted by atomic mass is 14.8. The van der Waals surface area contributed by atoms with Gasteiger partial charge in [-0.2, -0.15) is 0 Å². The van der Waals surface area contributed by atoms with Crippen molar-refractivity contribution in [2.45, 2.75) is 40.2 Å². The summed E-state index contributed by atoms with van der Waals surface area (Å²) < 4.78 is 0. The lowest BCUT2D eigenvalue weighted by Gasteiger charge is -2.13. The average Bonchev–Trinajstić information content (AvgIpc) is 2.58. The second-order valence-electron chi connectivity index (χ2n) is 6.14. The molecule has 2 N–H and O–H groups in total. The van der Waals surface area contributed by atoms with E-state index in [0.717, 1.165) is 6.42 Å². The van der Waals surface area contributed by atoms with Crippen LogP contribution in [0.3, 0.4) is 0 Å². The first kappa shape index (κ1) is 11.6. The number of pyridine rings is 1. The lowest BCUT2D eigenvalue weighted by Crippen LogP contribution is -2.28. The summed E-state index contributed by atoms with van der Waals surface area (Å²) in [5.41, 5.74) is 8.38. The molecule has 1 fully saturated rings. The monoisotopic (exact) mass is 218 g/mol. The zero-order valence-corrected chi connectivity index (χ0v) is 10.7. The van der Waals surface area contributed by atoms with Gasteiger partial charge in [-0.1, -0.05) is 27.7 Å². The number of nitrogens with zero attached hydrogens (tertiary/aromatic N) is 1. The third-order valence-corrected chi connectivity index (χ3v) is 4.78. The Hall–Kier alpha value is -0.890. The Morgan fingerprint density at radius 1 is 1.19 bits per heavy atom. The molecule has 0 amide bonds. The number of hydrogen-bond acceptors (Lipinski definition) is 2. The van der Waals surface area contributed by atoms with Crippen LogP contribution in [0.4, 0.5) is 0 Å². The summed E-state index contributed by atoms with van der Waals surface area (Å²) in [7, 11) is 0. The third kappa shape index (κ3) is 1.65. The van der Waals surface area contributed by atoms with E-state index in [1.165, 1.54) is 5.56 Å². The van der Waals surface area contributed by atoms with Crippen LogP contribution in [0.2, 0.25) is 0 Å². The van der Waals surface area contributed by atoms with E-state index in [4.69, 9.17) is 5.73 Å². The van der Waals surface area contributed by atoms with E-state index in [9.17, 15) is 0 Å². The number of aromatic nitrogens is 1. The van der Waals surface area contributed by atoms with E-state index in [1.807, 2.05) is 12.4 Å². The lowest BCUT2D eigenvalue weighted by molar-refractivity contribution is 0.457. The van der Waals surface area contributed by atoms with Crippen LogP contribution in [0.1, 0.15) is 33.3 Å². The van der Waals surface area contributed by atoms with Crippen LogP contribution in [0.25, 0.3) is 0 Å². The summed E-state index contributed by atoms with van der Waals surface area (Å²) in [6.45, 7) is 9.29. The maximum atomic E-state index is 6.34. The molecule has 88 valence electrons. The van der Waals surface area contributed by atoms with Gasteiger partial charge in [0, 0.05) is 18.4 Å². The van der Waals surface area contributed by atoms with Gasteiger partial charge in [0.1, 0.15) is 0 Å². The van der Waals surface area contributed by atoms with Crippen molar-refractivity contribution in [2.24, 2.45) is 22.5 Å². The molecule has 1 atom stereocenters. The quantitative estimate of drug-likeness (QED) is 0.847. The van der Waals surface area contributed by atoms with Crippen LogP contribution in [0.15, 0.2) is 24.5 Å². The van der Waals surface area contributed by atoms with Gasteiger partial charge < -0.3 is 5.73 Å². The molecule has 1 unspecified atom stereocenters. The van der Waals surface area contributed by atoms with Crippen LogP contribution in [0, 0.1) is 16.7 Å². The lowest BCUT2D eigenvalue weighted by atomic mass is 9.98. The third-order valence-electron chi connectivity index (χ3n) is 4.78. The maximum absolute atomic E-state index is 6.34. The second-order valence-corrected chi connectivity index (χ2v) is 6.14. The highest BCUT2D eigenvalue weighted by molar-refractivity contribution is 5.19. The topological polar surface area (TPSA) is 38.9 Å². The van der Waals surface area contributed by atoms with Crippen LogP contribution >= 0.6 is 0 Å². The first-order valence-corrected chi connectivity index (χ1v) is 6.02. The summed E-state index contributed by atoms with van der Waals surface area (Å²) in [6, 6.07) is 4.37. The molecule has 2 heteroatoms. The summed E-state index contributed by atoms with van der Waals surface area (Å²) >= 11 is 0. The van der Waals surface area contributed by atoms with E-state index in [0.29, 0.717) is 16.7 Å². The number of nitrogens with two attached hydrogens (primary N) is 1. The van der Waals surface area contributed by atoms with Gasteiger partial charge in [-0.05, 0) is 40.9 Å². The molecule has 1 aromatic heterocycles. The van der Waals surface area contributed by atoms with E-state index in [2.05, 4.69) is 44.8 Å². The van der Waals surface area contributed by atoms with Crippen molar-refractivity contribution in [3.63, 3.8) is 0 Å². The normalized spacial score (nSPS) is 24.1. The van der Waals surface area contributed by atoms with Crippen molar-refractivity contribution >= 4 is 0 Å². The Labute approximate surface area is 98.3 Å². The molecular weight excluding hydrogens is 196 g/mol. The van der Waals surface area contributed by atoms with Crippen LogP contribution in [-0.4, -0.2) is 11.0 Å². The summed E-state index contributed by atoms with van der Waals surface area (Å²) in [6.07, 6.45) is 4.64. The molecule has 1 aromatic rings. The SMILES string of the molecule is CC1(C)C(C(N)Cc2ccncc2)C1(C)C. The standard InChI is InChI=1S/C14H22N2/c1-13(2)12(14(13,3)4)11(15)9-10-5-7-16-8-6-10/h5-8,11-12H,9,15H2,1-4H3. The van der Waals surface area contributed by atoms with E-state index < -0.39 is 0 Å². The highest BCUT2D eigenvalue weighted by Gasteiger charge is 2.66. The Bertz CT molecular complexity index is 354. The minimum Gasteiger partial charge on any atom is -0.327 e. The molecule has 1 heterocycles. The van der Waals surface area contributed by atoms with Gasteiger partial charge in [0.05, 0.1) is 0 Å². The minimum absolute atomic E-state index is 0.257. The van der Waals surface area contributed by atoms with Gasteiger partial charge in [0.25, 0.3) is 0 Å². The van der Waals surface area contributed by atoms with Gasteiger partial charge in [-0.15, -0.1) is 0 Å². The zero-order valence-electron chi connectivity index (χ0n) is 10.7. The fraction of sp³-hybridized carbons (Fsp3) is 0.643. The largest absolute Gasteiger partial charge is 0.327 e. The maximum Gasteiger partial charge on any atom is 0.0270 e. The predicted molar refractivity (Wildman–Crippen MR) is 67.0 cm³/mol. The Balaban J connectivity index is 2.04. The molecule has 16 heavy (non-hydrogen) atoms. The molecule has 0 aromatic carbocycles. The average molecular weight is 218 g/mol. The molecule has 0 spiro atoms. The van der Waals surface area contributed by atoms with Crippen LogP contribution in [0.5, 0.6) is 0 Å². The predicted octanol–water partition coefficient (Wildman–Crippen LogP) is 2.63. The Kier molecular flexibility index (Phi) is 2.58. The van der Waals surface area contributed by atoms with Crippen molar-refractivity contribution in [3.05, 3.63) is 30.1 Å². The first-order chi connectivity index (χ1) is 7.37.